The minimum absolute atomic E-state index is 0.558. The van der Waals surface area contributed by atoms with Crippen molar-refractivity contribution in [1.29, 1.82) is 0 Å². The SMILES string of the molecule is c1csc(C(NCc2cncs2)C2CC2)c1. The van der Waals surface area contributed by atoms with Crippen LogP contribution >= 0.6 is 22.7 Å². The van der Waals surface area contributed by atoms with Gasteiger partial charge in [0.1, 0.15) is 0 Å². The zero-order valence-electron chi connectivity index (χ0n) is 8.93. The number of thiazole rings is 1. The van der Waals surface area contributed by atoms with Crippen LogP contribution in [-0.4, -0.2) is 4.98 Å². The molecule has 1 saturated carbocycles. The first-order valence-corrected chi connectivity index (χ1v) is 7.33. The van der Waals surface area contributed by atoms with E-state index in [1.807, 2.05) is 23.0 Å². The van der Waals surface area contributed by atoms with Crippen LogP contribution in [0.4, 0.5) is 0 Å². The number of hydrogen-bond acceptors (Lipinski definition) is 4. The van der Waals surface area contributed by atoms with E-state index in [-0.39, 0.29) is 0 Å². The number of aromatic nitrogens is 1. The predicted molar refractivity (Wildman–Crippen MR) is 68.7 cm³/mol. The Hall–Kier alpha value is -0.710. The number of hydrogen-bond donors (Lipinski definition) is 1. The molecule has 4 heteroatoms. The highest BCUT2D eigenvalue weighted by molar-refractivity contribution is 7.10. The molecule has 1 aliphatic rings. The molecule has 1 unspecified atom stereocenters. The Morgan fingerprint density at radius 2 is 2.38 bits per heavy atom. The lowest BCUT2D eigenvalue weighted by molar-refractivity contribution is 0.490. The van der Waals surface area contributed by atoms with Gasteiger partial charge in [0.2, 0.25) is 0 Å². The van der Waals surface area contributed by atoms with Crippen LogP contribution in [0.5, 0.6) is 0 Å². The molecule has 2 aromatic heterocycles. The Bertz CT molecular complexity index is 418. The molecule has 1 fully saturated rings. The quantitative estimate of drug-likeness (QED) is 0.879. The third-order valence-corrected chi connectivity index (χ3v) is 4.66. The summed E-state index contributed by atoms with van der Waals surface area (Å²) in [6.45, 7) is 0.948. The normalized spacial score (nSPS) is 17.5. The smallest absolute Gasteiger partial charge is 0.0794 e. The third kappa shape index (κ3) is 2.34. The second-order valence-corrected chi connectivity index (χ2v) is 6.13. The van der Waals surface area contributed by atoms with Crippen molar-refractivity contribution < 1.29 is 0 Å². The van der Waals surface area contributed by atoms with Crippen LogP contribution in [-0.2, 0) is 6.54 Å². The Morgan fingerprint density at radius 3 is 3.00 bits per heavy atom. The summed E-state index contributed by atoms with van der Waals surface area (Å²) in [7, 11) is 0. The van der Waals surface area contributed by atoms with Crippen molar-refractivity contribution in [3.8, 4) is 0 Å². The summed E-state index contributed by atoms with van der Waals surface area (Å²) in [5.74, 6) is 0.853. The van der Waals surface area contributed by atoms with E-state index in [0.29, 0.717) is 6.04 Å². The molecule has 2 nitrogen and oxygen atoms in total. The van der Waals surface area contributed by atoms with Crippen LogP contribution in [0, 0.1) is 5.92 Å². The van der Waals surface area contributed by atoms with Crippen molar-refractivity contribution in [2.45, 2.75) is 25.4 Å². The van der Waals surface area contributed by atoms with E-state index in [2.05, 4.69) is 27.8 Å². The first kappa shape index (κ1) is 10.4. The molecule has 1 N–H and O–H groups in total. The lowest BCUT2D eigenvalue weighted by atomic mass is 10.1. The lowest BCUT2D eigenvalue weighted by Crippen LogP contribution is -2.21. The summed E-state index contributed by atoms with van der Waals surface area (Å²) in [6.07, 6.45) is 4.70. The summed E-state index contributed by atoms with van der Waals surface area (Å²) in [4.78, 5) is 6.90. The third-order valence-electron chi connectivity index (χ3n) is 2.92. The summed E-state index contributed by atoms with van der Waals surface area (Å²) in [6, 6.07) is 4.94. The van der Waals surface area contributed by atoms with Crippen molar-refractivity contribution in [2.24, 2.45) is 5.92 Å². The largest absolute Gasteiger partial charge is 0.304 e. The highest BCUT2D eigenvalue weighted by Gasteiger charge is 2.32. The molecule has 84 valence electrons. The maximum Gasteiger partial charge on any atom is 0.0794 e. The van der Waals surface area contributed by atoms with E-state index in [9.17, 15) is 0 Å². The molecule has 0 saturated heterocycles. The van der Waals surface area contributed by atoms with Crippen LogP contribution in [0.2, 0.25) is 0 Å². The van der Waals surface area contributed by atoms with E-state index in [1.54, 1.807) is 11.3 Å². The van der Waals surface area contributed by atoms with Crippen LogP contribution < -0.4 is 5.32 Å². The summed E-state index contributed by atoms with van der Waals surface area (Å²) >= 11 is 3.59. The number of thiophene rings is 1. The summed E-state index contributed by atoms with van der Waals surface area (Å²) in [5.41, 5.74) is 1.90. The van der Waals surface area contributed by atoms with Gasteiger partial charge in [-0.1, -0.05) is 6.07 Å². The Kier molecular flexibility index (Phi) is 3.04. The van der Waals surface area contributed by atoms with Gasteiger partial charge in [-0.2, -0.15) is 0 Å². The molecular formula is C12H14N2S2. The predicted octanol–water partition coefficient (Wildman–Crippen LogP) is 3.45. The Balaban J connectivity index is 1.66. The molecular weight excluding hydrogens is 236 g/mol. The molecule has 0 aliphatic heterocycles. The van der Waals surface area contributed by atoms with Crippen molar-refractivity contribution in [1.82, 2.24) is 10.3 Å². The molecule has 0 amide bonds. The van der Waals surface area contributed by atoms with Crippen LogP contribution in [0.15, 0.2) is 29.2 Å². The maximum atomic E-state index is 4.10. The van der Waals surface area contributed by atoms with Gasteiger partial charge in [-0.05, 0) is 30.2 Å². The average molecular weight is 250 g/mol. The summed E-state index contributed by atoms with van der Waals surface area (Å²) < 4.78 is 0. The standard InChI is InChI=1S/C12H14N2S2/c1-2-11(15-5-1)12(9-3-4-9)14-7-10-6-13-8-16-10/h1-2,5-6,8-9,12,14H,3-4,7H2. The van der Waals surface area contributed by atoms with Crippen molar-refractivity contribution in [3.05, 3.63) is 39.0 Å². The minimum Gasteiger partial charge on any atom is -0.304 e. The van der Waals surface area contributed by atoms with E-state index in [4.69, 9.17) is 0 Å². The van der Waals surface area contributed by atoms with Gasteiger partial charge >= 0.3 is 0 Å². The van der Waals surface area contributed by atoms with Gasteiger partial charge in [0.05, 0.1) is 5.51 Å². The molecule has 2 heterocycles. The fourth-order valence-corrected chi connectivity index (χ4v) is 3.38. The first-order valence-electron chi connectivity index (χ1n) is 5.57. The molecule has 1 aliphatic carbocycles. The fourth-order valence-electron chi connectivity index (χ4n) is 1.94. The van der Waals surface area contributed by atoms with Crippen molar-refractivity contribution in [3.63, 3.8) is 0 Å². The summed E-state index contributed by atoms with van der Waals surface area (Å²) in [5, 5.41) is 5.83. The van der Waals surface area contributed by atoms with Gasteiger partial charge < -0.3 is 5.32 Å². The van der Waals surface area contributed by atoms with Crippen molar-refractivity contribution >= 4 is 22.7 Å². The van der Waals surface area contributed by atoms with Crippen LogP contribution in [0.3, 0.4) is 0 Å². The van der Waals surface area contributed by atoms with Gasteiger partial charge in [0, 0.05) is 28.5 Å². The van der Waals surface area contributed by atoms with Crippen molar-refractivity contribution in [2.75, 3.05) is 0 Å². The van der Waals surface area contributed by atoms with Gasteiger partial charge in [0.15, 0.2) is 0 Å². The van der Waals surface area contributed by atoms with Gasteiger partial charge in [-0.25, -0.2) is 0 Å². The second-order valence-electron chi connectivity index (χ2n) is 4.18. The molecule has 0 spiro atoms. The average Bonchev–Trinajstić information content (AvgIpc) is 2.83. The van der Waals surface area contributed by atoms with Crippen LogP contribution in [0.1, 0.15) is 28.6 Å². The number of rotatable bonds is 5. The van der Waals surface area contributed by atoms with E-state index in [1.165, 1.54) is 22.6 Å². The number of nitrogens with zero attached hydrogens (tertiary/aromatic N) is 1. The first-order chi connectivity index (χ1) is 7.93. The highest BCUT2D eigenvalue weighted by atomic mass is 32.1. The molecule has 0 radical (unpaired) electrons. The molecule has 16 heavy (non-hydrogen) atoms. The molecule has 0 bridgehead atoms. The fraction of sp³-hybridized carbons (Fsp3) is 0.417. The molecule has 3 rings (SSSR count). The highest BCUT2D eigenvalue weighted by Crippen LogP contribution is 2.42. The molecule has 2 aromatic rings. The van der Waals surface area contributed by atoms with Gasteiger partial charge in [0.25, 0.3) is 0 Å². The maximum absolute atomic E-state index is 4.10. The van der Waals surface area contributed by atoms with E-state index >= 15 is 0 Å². The zero-order chi connectivity index (χ0) is 10.8. The molecule has 0 aromatic carbocycles. The van der Waals surface area contributed by atoms with Crippen LogP contribution in [0.25, 0.3) is 0 Å². The topological polar surface area (TPSA) is 24.9 Å². The monoisotopic (exact) mass is 250 g/mol. The van der Waals surface area contributed by atoms with Gasteiger partial charge in [-0.3, -0.25) is 4.98 Å². The minimum atomic E-state index is 0.558. The molecule has 1 atom stereocenters. The van der Waals surface area contributed by atoms with E-state index < -0.39 is 0 Å². The second kappa shape index (κ2) is 4.65. The number of nitrogens with one attached hydrogen (secondary N) is 1. The zero-order valence-corrected chi connectivity index (χ0v) is 10.6. The Morgan fingerprint density at radius 1 is 1.44 bits per heavy atom. The lowest BCUT2D eigenvalue weighted by Gasteiger charge is -2.15. The Labute approximate surface area is 103 Å². The van der Waals surface area contributed by atoms with E-state index in [0.717, 1.165) is 12.5 Å². The van der Waals surface area contributed by atoms with Gasteiger partial charge in [-0.15, -0.1) is 22.7 Å².